The summed E-state index contributed by atoms with van der Waals surface area (Å²) < 4.78 is 17.4. The van der Waals surface area contributed by atoms with Gasteiger partial charge in [0.25, 0.3) is 0 Å². The average Bonchev–Trinajstić information content (AvgIpc) is 3.39. The first-order valence-electron chi connectivity index (χ1n) is 10.6. The van der Waals surface area contributed by atoms with Gasteiger partial charge in [0.2, 0.25) is 0 Å². The quantitative estimate of drug-likeness (QED) is 0.331. The molecular weight excluding hydrogens is 493 g/mol. The molecule has 2 aromatic rings. The summed E-state index contributed by atoms with van der Waals surface area (Å²) in [6.45, 7) is 6.52. The lowest BCUT2D eigenvalue weighted by Crippen LogP contribution is -2.46. The standard InChI is InChI=1S/C23H31N3O3.HI/c1-23(2)15-20(19-9-3-4-10-21(19)29-23)26-22(25-16-18-8-6-14-28-18)24-12-11-17-7-5-13-27-17;/h3-5,7,9-10,13,18,20H,6,8,11-12,14-16H2,1-2H3,(H2,24,25,26);1H. The van der Waals surface area contributed by atoms with Crippen LogP contribution in [0.3, 0.4) is 0 Å². The van der Waals surface area contributed by atoms with Crippen LogP contribution in [0.2, 0.25) is 0 Å². The molecule has 2 N–H and O–H groups in total. The fourth-order valence-corrected chi connectivity index (χ4v) is 3.99. The van der Waals surface area contributed by atoms with E-state index in [1.807, 2.05) is 24.3 Å². The number of aliphatic imine (C=N–C) groups is 1. The van der Waals surface area contributed by atoms with Crippen molar-refractivity contribution in [2.75, 3.05) is 19.7 Å². The normalized spacial score (nSPS) is 22.5. The van der Waals surface area contributed by atoms with Crippen molar-refractivity contribution in [1.29, 1.82) is 0 Å². The van der Waals surface area contributed by atoms with Gasteiger partial charge in [-0.2, -0.15) is 0 Å². The molecule has 0 saturated carbocycles. The van der Waals surface area contributed by atoms with E-state index in [0.29, 0.717) is 6.54 Å². The Balaban J connectivity index is 0.00000256. The minimum absolute atomic E-state index is 0. The molecule has 1 aromatic heterocycles. The molecule has 6 nitrogen and oxygen atoms in total. The van der Waals surface area contributed by atoms with Crippen LogP contribution in [0, 0.1) is 0 Å². The highest BCUT2D eigenvalue weighted by Crippen LogP contribution is 2.39. The van der Waals surface area contributed by atoms with Gasteiger partial charge >= 0.3 is 0 Å². The molecule has 7 heteroatoms. The van der Waals surface area contributed by atoms with Crippen molar-refractivity contribution in [3.8, 4) is 5.75 Å². The molecule has 0 amide bonds. The Morgan fingerprint density at radius 2 is 2.07 bits per heavy atom. The average molecular weight is 525 g/mol. The molecule has 4 rings (SSSR count). The third kappa shape index (κ3) is 6.14. The second kappa shape index (κ2) is 10.5. The highest BCUT2D eigenvalue weighted by molar-refractivity contribution is 14.0. The van der Waals surface area contributed by atoms with Crippen molar-refractivity contribution >= 4 is 29.9 Å². The maximum Gasteiger partial charge on any atom is 0.191 e. The smallest absolute Gasteiger partial charge is 0.191 e. The molecule has 2 aliphatic heterocycles. The predicted molar refractivity (Wildman–Crippen MR) is 129 cm³/mol. The molecule has 2 aliphatic rings. The summed E-state index contributed by atoms with van der Waals surface area (Å²) in [6, 6.07) is 12.3. The first-order valence-corrected chi connectivity index (χ1v) is 10.6. The van der Waals surface area contributed by atoms with Crippen LogP contribution in [-0.4, -0.2) is 37.4 Å². The number of fused-ring (bicyclic) bond motifs is 1. The second-order valence-corrected chi connectivity index (χ2v) is 8.38. The third-order valence-corrected chi connectivity index (χ3v) is 5.41. The molecule has 2 atom stereocenters. The van der Waals surface area contributed by atoms with Crippen LogP contribution < -0.4 is 15.4 Å². The first kappa shape index (κ1) is 22.9. The molecule has 2 unspecified atom stereocenters. The number of ether oxygens (including phenoxy) is 2. The molecule has 1 saturated heterocycles. The zero-order chi connectivity index (χ0) is 20.1. The monoisotopic (exact) mass is 525 g/mol. The summed E-state index contributed by atoms with van der Waals surface area (Å²) in [5.74, 6) is 2.72. The number of nitrogens with one attached hydrogen (secondary N) is 2. The van der Waals surface area contributed by atoms with Gasteiger partial charge in [0, 0.05) is 31.6 Å². The Hall–Kier alpha value is -1.74. The number of guanidine groups is 1. The summed E-state index contributed by atoms with van der Waals surface area (Å²) in [6.07, 6.45) is 5.80. The number of para-hydroxylation sites is 1. The third-order valence-electron chi connectivity index (χ3n) is 5.41. The molecule has 1 aromatic carbocycles. The molecule has 3 heterocycles. The van der Waals surface area contributed by atoms with Gasteiger partial charge in [0.1, 0.15) is 17.1 Å². The van der Waals surface area contributed by atoms with E-state index in [1.54, 1.807) is 6.26 Å². The van der Waals surface area contributed by atoms with Crippen molar-refractivity contribution in [3.63, 3.8) is 0 Å². The van der Waals surface area contributed by atoms with E-state index >= 15 is 0 Å². The van der Waals surface area contributed by atoms with E-state index in [4.69, 9.17) is 18.9 Å². The zero-order valence-corrected chi connectivity index (χ0v) is 20.1. The number of furan rings is 1. The van der Waals surface area contributed by atoms with Crippen LogP contribution >= 0.6 is 24.0 Å². The van der Waals surface area contributed by atoms with Gasteiger partial charge in [-0.3, -0.25) is 4.99 Å². The minimum Gasteiger partial charge on any atom is -0.487 e. The first-order chi connectivity index (χ1) is 14.1. The van der Waals surface area contributed by atoms with Crippen LogP contribution in [0.15, 0.2) is 52.1 Å². The van der Waals surface area contributed by atoms with Crippen molar-refractivity contribution in [2.24, 2.45) is 4.99 Å². The van der Waals surface area contributed by atoms with E-state index in [-0.39, 0.29) is 41.7 Å². The van der Waals surface area contributed by atoms with E-state index < -0.39 is 0 Å². The molecule has 30 heavy (non-hydrogen) atoms. The number of hydrogen-bond donors (Lipinski definition) is 2. The van der Waals surface area contributed by atoms with Gasteiger partial charge in [0.15, 0.2) is 5.96 Å². The maximum absolute atomic E-state index is 6.17. The molecule has 0 spiro atoms. The van der Waals surface area contributed by atoms with Gasteiger partial charge in [-0.05, 0) is 44.9 Å². The molecule has 0 bridgehead atoms. The van der Waals surface area contributed by atoms with Crippen molar-refractivity contribution in [3.05, 3.63) is 54.0 Å². The Labute approximate surface area is 195 Å². The summed E-state index contributed by atoms with van der Waals surface area (Å²) in [5.41, 5.74) is 0.935. The summed E-state index contributed by atoms with van der Waals surface area (Å²) in [4.78, 5) is 4.84. The van der Waals surface area contributed by atoms with E-state index in [9.17, 15) is 0 Å². The Morgan fingerprint density at radius 1 is 1.20 bits per heavy atom. The van der Waals surface area contributed by atoms with E-state index in [0.717, 1.165) is 56.3 Å². The van der Waals surface area contributed by atoms with Crippen molar-refractivity contribution in [1.82, 2.24) is 10.6 Å². The predicted octanol–water partition coefficient (Wildman–Crippen LogP) is 4.46. The lowest BCUT2D eigenvalue weighted by Gasteiger charge is -2.38. The molecule has 164 valence electrons. The van der Waals surface area contributed by atoms with Gasteiger partial charge in [-0.25, -0.2) is 0 Å². The van der Waals surface area contributed by atoms with Gasteiger partial charge in [-0.1, -0.05) is 18.2 Å². The van der Waals surface area contributed by atoms with E-state index in [1.165, 1.54) is 5.56 Å². The van der Waals surface area contributed by atoms with Crippen LogP contribution in [0.1, 0.15) is 50.5 Å². The Morgan fingerprint density at radius 3 is 2.83 bits per heavy atom. The maximum atomic E-state index is 6.17. The number of halogens is 1. The number of hydrogen-bond acceptors (Lipinski definition) is 4. The fraction of sp³-hybridized carbons (Fsp3) is 0.522. The highest BCUT2D eigenvalue weighted by atomic mass is 127. The van der Waals surface area contributed by atoms with Gasteiger partial charge < -0.3 is 24.5 Å². The molecule has 0 radical (unpaired) electrons. The SMILES string of the molecule is CC1(C)CC(NC(=NCC2CCCO2)NCCc2ccco2)c2ccccc2O1.I. The Kier molecular flexibility index (Phi) is 8.05. The van der Waals surface area contributed by atoms with Crippen LogP contribution in [0.4, 0.5) is 0 Å². The topological polar surface area (TPSA) is 68.0 Å². The van der Waals surface area contributed by atoms with Crippen LogP contribution in [-0.2, 0) is 11.2 Å². The Bertz CT molecular complexity index is 817. The minimum atomic E-state index is -0.236. The van der Waals surface area contributed by atoms with Crippen LogP contribution in [0.5, 0.6) is 5.75 Å². The summed E-state index contributed by atoms with van der Waals surface area (Å²) in [5, 5.41) is 7.11. The second-order valence-electron chi connectivity index (χ2n) is 8.38. The zero-order valence-electron chi connectivity index (χ0n) is 17.7. The highest BCUT2D eigenvalue weighted by Gasteiger charge is 2.34. The lowest BCUT2D eigenvalue weighted by atomic mass is 9.90. The largest absolute Gasteiger partial charge is 0.487 e. The number of benzene rings is 1. The van der Waals surface area contributed by atoms with Crippen molar-refractivity contribution < 1.29 is 13.9 Å². The van der Waals surface area contributed by atoms with Crippen LogP contribution in [0.25, 0.3) is 0 Å². The molecule has 0 aliphatic carbocycles. The molecule has 1 fully saturated rings. The van der Waals surface area contributed by atoms with Gasteiger partial charge in [0.05, 0.1) is 25.0 Å². The lowest BCUT2D eigenvalue weighted by molar-refractivity contribution is 0.0693. The summed E-state index contributed by atoms with van der Waals surface area (Å²) in [7, 11) is 0. The molecular formula is C23H32IN3O3. The van der Waals surface area contributed by atoms with Gasteiger partial charge in [-0.15, -0.1) is 24.0 Å². The number of rotatable bonds is 6. The van der Waals surface area contributed by atoms with E-state index in [2.05, 4.69) is 36.6 Å². The van der Waals surface area contributed by atoms with Crippen molar-refractivity contribution in [2.45, 2.75) is 57.3 Å². The fourth-order valence-electron chi connectivity index (χ4n) is 3.99. The number of nitrogens with zero attached hydrogens (tertiary/aromatic N) is 1. The summed E-state index contributed by atoms with van der Waals surface area (Å²) >= 11 is 0.